The summed E-state index contributed by atoms with van der Waals surface area (Å²) in [4.78, 5) is 28.9. The van der Waals surface area contributed by atoms with Crippen LogP contribution in [0.4, 0.5) is 0 Å². The van der Waals surface area contributed by atoms with Crippen LogP contribution in [0.2, 0.25) is 0 Å². The molecule has 21 heavy (non-hydrogen) atoms. The van der Waals surface area contributed by atoms with E-state index < -0.39 is 0 Å². The Morgan fingerprint density at radius 2 is 1.76 bits per heavy atom. The molecule has 0 aromatic rings. The molecular weight excluding hydrogens is 266 g/mol. The summed E-state index contributed by atoms with van der Waals surface area (Å²) in [7, 11) is 2.15. The van der Waals surface area contributed by atoms with Crippen LogP contribution < -0.4 is 5.32 Å². The monoisotopic (exact) mass is 293 g/mol. The predicted octanol–water partition coefficient (Wildman–Crippen LogP) is 0.355. The third-order valence-electron chi connectivity index (χ3n) is 5.50. The topological polar surface area (TPSA) is 52.6 Å². The molecule has 5 nitrogen and oxygen atoms in total. The second-order valence-corrected chi connectivity index (χ2v) is 6.98. The van der Waals surface area contributed by atoms with Gasteiger partial charge in [-0.25, -0.2) is 0 Å². The number of carbonyl (C=O) groups is 2. The molecule has 2 aliphatic carbocycles. The first-order valence-corrected chi connectivity index (χ1v) is 8.36. The van der Waals surface area contributed by atoms with Gasteiger partial charge in [0.1, 0.15) is 5.78 Å². The molecule has 1 aliphatic heterocycles. The Kier molecular flexibility index (Phi) is 4.60. The average molecular weight is 293 g/mol. The van der Waals surface area contributed by atoms with Gasteiger partial charge in [-0.05, 0) is 32.7 Å². The van der Waals surface area contributed by atoms with Gasteiger partial charge >= 0.3 is 0 Å². The lowest BCUT2D eigenvalue weighted by Crippen LogP contribution is -2.47. The highest BCUT2D eigenvalue weighted by Crippen LogP contribution is 2.41. The molecule has 0 spiro atoms. The third kappa shape index (κ3) is 3.46. The number of rotatable bonds is 4. The van der Waals surface area contributed by atoms with Gasteiger partial charge < -0.3 is 10.2 Å². The summed E-state index contributed by atoms with van der Waals surface area (Å²) in [5.41, 5.74) is 0. The fourth-order valence-electron chi connectivity index (χ4n) is 4.04. The summed E-state index contributed by atoms with van der Waals surface area (Å²) < 4.78 is 0. The smallest absolute Gasteiger partial charge is 0.223 e. The maximum Gasteiger partial charge on any atom is 0.223 e. The molecule has 0 aromatic carbocycles. The fourth-order valence-corrected chi connectivity index (χ4v) is 4.04. The number of piperazine rings is 1. The zero-order chi connectivity index (χ0) is 14.8. The Balaban J connectivity index is 1.38. The molecule has 1 saturated heterocycles. The maximum atomic E-state index is 12.3. The molecule has 1 heterocycles. The number of nitrogens with one attached hydrogen (secondary N) is 1. The minimum atomic E-state index is 0.0766. The summed E-state index contributed by atoms with van der Waals surface area (Å²) in [5, 5.41) is 3.09. The molecule has 5 heteroatoms. The van der Waals surface area contributed by atoms with Gasteiger partial charge in [-0.3, -0.25) is 14.5 Å². The first kappa shape index (κ1) is 15.0. The molecule has 2 unspecified atom stereocenters. The van der Waals surface area contributed by atoms with Gasteiger partial charge in [0.05, 0.1) is 0 Å². The van der Waals surface area contributed by atoms with Crippen LogP contribution in [-0.4, -0.2) is 67.8 Å². The van der Waals surface area contributed by atoms with Crippen molar-refractivity contribution >= 4 is 11.7 Å². The number of likely N-dealkylation sites (N-methyl/N-ethyl adjacent to an activating group) is 1. The number of Topliss-reactive ketones (excluding diaryl/α,β-unsaturated/α-hetero) is 1. The Hall–Kier alpha value is -0.940. The largest absolute Gasteiger partial charge is 0.355 e. The minimum absolute atomic E-state index is 0.0766. The Morgan fingerprint density at radius 3 is 2.38 bits per heavy atom. The van der Waals surface area contributed by atoms with Crippen LogP contribution in [0, 0.1) is 17.8 Å². The van der Waals surface area contributed by atoms with E-state index in [1.165, 1.54) is 0 Å². The summed E-state index contributed by atoms with van der Waals surface area (Å²) >= 11 is 0. The molecule has 3 fully saturated rings. The van der Waals surface area contributed by atoms with E-state index in [4.69, 9.17) is 0 Å². The van der Waals surface area contributed by atoms with Crippen molar-refractivity contribution in [3.8, 4) is 0 Å². The molecule has 2 bridgehead atoms. The Morgan fingerprint density at radius 1 is 1.14 bits per heavy atom. The van der Waals surface area contributed by atoms with Gasteiger partial charge in [-0.1, -0.05) is 0 Å². The average Bonchev–Trinajstić information content (AvgIpc) is 2.71. The van der Waals surface area contributed by atoms with Crippen molar-refractivity contribution in [1.82, 2.24) is 15.1 Å². The van der Waals surface area contributed by atoms with Crippen LogP contribution in [0.5, 0.6) is 0 Å². The SMILES string of the molecule is CN1CCN(CCNC(=O)C2CC3CCC(C2)C3=O)CC1. The Labute approximate surface area is 127 Å². The summed E-state index contributed by atoms with van der Waals surface area (Å²) in [5.74, 6) is 1.03. The molecule has 2 saturated carbocycles. The highest BCUT2D eigenvalue weighted by molar-refractivity contribution is 5.89. The molecule has 3 aliphatic rings. The molecule has 118 valence electrons. The first-order valence-electron chi connectivity index (χ1n) is 8.36. The van der Waals surface area contributed by atoms with E-state index in [0.717, 1.165) is 65.0 Å². The lowest BCUT2D eigenvalue weighted by Gasteiger charge is -2.32. The lowest BCUT2D eigenvalue weighted by molar-refractivity contribution is -0.132. The molecule has 0 radical (unpaired) electrons. The van der Waals surface area contributed by atoms with Gasteiger partial charge in [0.25, 0.3) is 0 Å². The molecule has 1 N–H and O–H groups in total. The zero-order valence-corrected chi connectivity index (χ0v) is 13.0. The van der Waals surface area contributed by atoms with Crippen LogP contribution >= 0.6 is 0 Å². The number of fused-ring (bicyclic) bond motifs is 2. The van der Waals surface area contributed by atoms with Crippen molar-refractivity contribution in [3.63, 3.8) is 0 Å². The number of nitrogens with zero attached hydrogens (tertiary/aromatic N) is 2. The lowest BCUT2D eigenvalue weighted by atomic mass is 9.79. The van der Waals surface area contributed by atoms with Crippen molar-refractivity contribution < 1.29 is 9.59 Å². The van der Waals surface area contributed by atoms with E-state index in [2.05, 4.69) is 22.2 Å². The normalized spacial score (nSPS) is 34.1. The number of hydrogen-bond acceptors (Lipinski definition) is 4. The first-order chi connectivity index (χ1) is 10.1. The summed E-state index contributed by atoms with van der Waals surface area (Å²) in [6, 6.07) is 0. The van der Waals surface area contributed by atoms with E-state index in [0.29, 0.717) is 5.78 Å². The number of ketones is 1. The zero-order valence-electron chi connectivity index (χ0n) is 13.0. The van der Waals surface area contributed by atoms with Crippen molar-refractivity contribution in [2.24, 2.45) is 17.8 Å². The second-order valence-electron chi connectivity index (χ2n) is 6.98. The van der Waals surface area contributed by atoms with E-state index in [-0.39, 0.29) is 23.7 Å². The van der Waals surface area contributed by atoms with Crippen molar-refractivity contribution in [3.05, 3.63) is 0 Å². The van der Waals surface area contributed by atoms with Crippen molar-refractivity contribution in [1.29, 1.82) is 0 Å². The van der Waals surface area contributed by atoms with Crippen LogP contribution in [-0.2, 0) is 9.59 Å². The van der Waals surface area contributed by atoms with E-state index in [1.54, 1.807) is 0 Å². The number of carbonyl (C=O) groups excluding carboxylic acids is 2. The van der Waals surface area contributed by atoms with Crippen LogP contribution in [0.1, 0.15) is 25.7 Å². The molecule has 1 amide bonds. The van der Waals surface area contributed by atoms with Crippen LogP contribution in [0.25, 0.3) is 0 Å². The molecule has 2 atom stereocenters. The number of amides is 1. The van der Waals surface area contributed by atoms with Gasteiger partial charge in [-0.15, -0.1) is 0 Å². The third-order valence-corrected chi connectivity index (χ3v) is 5.50. The minimum Gasteiger partial charge on any atom is -0.355 e. The fraction of sp³-hybridized carbons (Fsp3) is 0.875. The van der Waals surface area contributed by atoms with Crippen molar-refractivity contribution in [2.75, 3.05) is 46.3 Å². The van der Waals surface area contributed by atoms with Gasteiger partial charge in [0.15, 0.2) is 0 Å². The van der Waals surface area contributed by atoms with Crippen LogP contribution in [0.3, 0.4) is 0 Å². The second kappa shape index (κ2) is 6.44. The molecule has 3 rings (SSSR count). The predicted molar refractivity (Wildman–Crippen MR) is 80.9 cm³/mol. The van der Waals surface area contributed by atoms with Gasteiger partial charge in [-0.2, -0.15) is 0 Å². The van der Waals surface area contributed by atoms with Gasteiger partial charge in [0.2, 0.25) is 5.91 Å². The maximum absolute atomic E-state index is 12.3. The number of hydrogen-bond donors (Lipinski definition) is 1. The van der Waals surface area contributed by atoms with Gasteiger partial charge in [0, 0.05) is 57.0 Å². The van der Waals surface area contributed by atoms with Crippen LogP contribution in [0.15, 0.2) is 0 Å². The van der Waals surface area contributed by atoms with E-state index in [1.807, 2.05) is 0 Å². The standard InChI is InChI=1S/C16H27N3O2/c1-18-6-8-19(9-7-18)5-4-17-16(21)14-10-12-2-3-13(11-14)15(12)20/h12-14H,2-11H2,1H3,(H,17,21). The molecular formula is C16H27N3O2. The molecule has 0 aromatic heterocycles. The summed E-state index contributed by atoms with van der Waals surface area (Å²) in [6.45, 7) is 6.09. The highest BCUT2D eigenvalue weighted by atomic mass is 16.2. The van der Waals surface area contributed by atoms with Crippen molar-refractivity contribution in [2.45, 2.75) is 25.7 Å². The Bertz CT molecular complexity index is 388. The quantitative estimate of drug-likeness (QED) is 0.813. The summed E-state index contributed by atoms with van der Waals surface area (Å²) in [6.07, 6.45) is 3.59. The van der Waals surface area contributed by atoms with E-state index in [9.17, 15) is 9.59 Å². The highest BCUT2D eigenvalue weighted by Gasteiger charge is 2.43. The van der Waals surface area contributed by atoms with E-state index >= 15 is 0 Å².